The smallest absolute Gasteiger partial charge is 0.346 e. The van der Waals surface area contributed by atoms with E-state index in [1.165, 1.54) is 18.2 Å². The molecular weight excluding hydrogens is 264 g/mol. The fourth-order valence-corrected chi connectivity index (χ4v) is 2.54. The van der Waals surface area contributed by atoms with E-state index in [0.29, 0.717) is 0 Å². The zero-order valence-corrected chi connectivity index (χ0v) is 10.7. The van der Waals surface area contributed by atoms with Crippen LogP contribution >= 0.6 is 0 Å². The second kappa shape index (κ2) is 4.29. The van der Waals surface area contributed by atoms with Crippen LogP contribution in [0.25, 0.3) is 0 Å². The molecule has 0 aromatic rings. The third-order valence-corrected chi connectivity index (χ3v) is 3.55. The molecule has 4 unspecified atom stereocenters. The maximum absolute atomic E-state index is 12.2. The molecule has 2 aliphatic heterocycles. The molecule has 0 aromatic heterocycles. The minimum Gasteiger partial charge on any atom is -0.459 e. The van der Waals surface area contributed by atoms with Crippen LogP contribution in [0.2, 0.25) is 0 Å². The standard InChI is InChI=1S/C14H14O6/c1-3-7-17-11(15)13-6-5-9-10(19-9)14(13,20-13)12(16)18-8-4-2/h3-6,9-10H,1-2,7-8H2. The van der Waals surface area contributed by atoms with Gasteiger partial charge in [-0.3, -0.25) is 0 Å². The van der Waals surface area contributed by atoms with E-state index < -0.39 is 29.2 Å². The Labute approximate surface area is 115 Å². The summed E-state index contributed by atoms with van der Waals surface area (Å²) in [7, 11) is 0. The summed E-state index contributed by atoms with van der Waals surface area (Å²) in [6.07, 6.45) is 5.39. The number of carbonyl (C=O) groups excluding carboxylic acids is 2. The Bertz CT molecular complexity index is 524. The van der Waals surface area contributed by atoms with E-state index in [1.54, 1.807) is 6.08 Å². The molecule has 106 valence electrons. The summed E-state index contributed by atoms with van der Waals surface area (Å²) < 4.78 is 20.9. The molecule has 4 atom stereocenters. The molecule has 0 amide bonds. The number of hydrogen-bond acceptors (Lipinski definition) is 6. The van der Waals surface area contributed by atoms with Crippen molar-refractivity contribution in [1.29, 1.82) is 0 Å². The molecule has 6 heteroatoms. The van der Waals surface area contributed by atoms with Crippen LogP contribution in [0, 0.1) is 0 Å². The molecule has 0 N–H and O–H groups in total. The van der Waals surface area contributed by atoms with Crippen LogP contribution in [-0.2, 0) is 28.5 Å². The van der Waals surface area contributed by atoms with Crippen LogP contribution in [0.1, 0.15) is 0 Å². The monoisotopic (exact) mass is 278 g/mol. The summed E-state index contributed by atoms with van der Waals surface area (Å²) in [5.41, 5.74) is -2.86. The molecule has 2 heterocycles. The van der Waals surface area contributed by atoms with Crippen LogP contribution in [0.5, 0.6) is 0 Å². The van der Waals surface area contributed by atoms with Gasteiger partial charge in [-0.05, 0) is 6.08 Å². The SMILES string of the molecule is C=CCOC(=O)C12C=CC3OC3C1(C(=O)OCC=C)O2. The minimum absolute atomic E-state index is 0.0445. The summed E-state index contributed by atoms with van der Waals surface area (Å²) in [6.45, 7) is 7.03. The number of fused-ring (bicyclic) bond motifs is 3. The van der Waals surface area contributed by atoms with Gasteiger partial charge in [0.2, 0.25) is 11.2 Å². The summed E-state index contributed by atoms with van der Waals surface area (Å²) >= 11 is 0. The van der Waals surface area contributed by atoms with Gasteiger partial charge in [-0.25, -0.2) is 9.59 Å². The minimum atomic E-state index is -1.44. The maximum Gasteiger partial charge on any atom is 0.346 e. The van der Waals surface area contributed by atoms with Gasteiger partial charge in [-0.2, -0.15) is 0 Å². The average molecular weight is 278 g/mol. The lowest BCUT2D eigenvalue weighted by Crippen LogP contribution is -2.46. The van der Waals surface area contributed by atoms with Crippen molar-refractivity contribution in [1.82, 2.24) is 0 Å². The molecule has 0 saturated carbocycles. The largest absolute Gasteiger partial charge is 0.459 e. The molecule has 0 bridgehead atoms. The molecule has 2 saturated heterocycles. The van der Waals surface area contributed by atoms with Crippen molar-refractivity contribution >= 4 is 11.9 Å². The lowest BCUT2D eigenvalue weighted by molar-refractivity contribution is -0.152. The Kier molecular flexibility index (Phi) is 2.81. The number of hydrogen-bond donors (Lipinski definition) is 0. The number of rotatable bonds is 6. The first kappa shape index (κ1) is 13.1. The highest BCUT2D eigenvalue weighted by atomic mass is 16.7. The molecule has 3 aliphatic rings. The average Bonchev–Trinajstić information content (AvgIpc) is 3.31. The fraction of sp³-hybridized carbons (Fsp3) is 0.429. The molecule has 6 nitrogen and oxygen atoms in total. The molecule has 0 aromatic carbocycles. The van der Waals surface area contributed by atoms with E-state index >= 15 is 0 Å². The van der Waals surface area contributed by atoms with E-state index in [0.717, 1.165) is 0 Å². The Hall–Kier alpha value is -1.92. The molecule has 20 heavy (non-hydrogen) atoms. The van der Waals surface area contributed by atoms with Crippen LogP contribution in [0.4, 0.5) is 0 Å². The number of epoxide rings is 2. The topological polar surface area (TPSA) is 77.7 Å². The molecule has 2 fully saturated rings. The zero-order valence-electron chi connectivity index (χ0n) is 10.7. The Balaban J connectivity index is 1.84. The van der Waals surface area contributed by atoms with E-state index in [2.05, 4.69) is 13.2 Å². The Morgan fingerprint density at radius 1 is 1.20 bits per heavy atom. The summed E-state index contributed by atoms with van der Waals surface area (Å²) in [6, 6.07) is 0. The van der Waals surface area contributed by atoms with E-state index in [1.807, 2.05) is 0 Å². The highest BCUT2D eigenvalue weighted by Crippen LogP contribution is 2.62. The van der Waals surface area contributed by atoms with Crippen molar-refractivity contribution in [3.8, 4) is 0 Å². The van der Waals surface area contributed by atoms with Crippen molar-refractivity contribution in [3.63, 3.8) is 0 Å². The van der Waals surface area contributed by atoms with Gasteiger partial charge in [-0.1, -0.05) is 31.4 Å². The molecule has 3 rings (SSSR count). The zero-order chi connectivity index (χ0) is 14.4. The normalized spacial score (nSPS) is 39.0. The van der Waals surface area contributed by atoms with Gasteiger partial charge >= 0.3 is 11.9 Å². The second-order valence-electron chi connectivity index (χ2n) is 4.73. The van der Waals surface area contributed by atoms with Gasteiger partial charge < -0.3 is 18.9 Å². The van der Waals surface area contributed by atoms with Crippen molar-refractivity contribution in [2.45, 2.75) is 23.4 Å². The van der Waals surface area contributed by atoms with Crippen LogP contribution < -0.4 is 0 Å². The van der Waals surface area contributed by atoms with Gasteiger partial charge in [0, 0.05) is 0 Å². The summed E-state index contributed by atoms with van der Waals surface area (Å²) in [5, 5.41) is 0. The Morgan fingerprint density at radius 3 is 2.50 bits per heavy atom. The molecule has 0 spiro atoms. The van der Waals surface area contributed by atoms with Gasteiger partial charge in [0.05, 0.1) is 0 Å². The highest BCUT2D eigenvalue weighted by molar-refractivity contribution is 6.01. The third-order valence-electron chi connectivity index (χ3n) is 3.55. The highest BCUT2D eigenvalue weighted by Gasteiger charge is 2.89. The van der Waals surface area contributed by atoms with Crippen LogP contribution in [0.3, 0.4) is 0 Å². The van der Waals surface area contributed by atoms with Crippen molar-refractivity contribution in [2.24, 2.45) is 0 Å². The quantitative estimate of drug-likeness (QED) is 0.395. The van der Waals surface area contributed by atoms with E-state index in [9.17, 15) is 9.59 Å². The van der Waals surface area contributed by atoms with E-state index in [4.69, 9.17) is 18.9 Å². The maximum atomic E-state index is 12.2. The number of ether oxygens (including phenoxy) is 4. The van der Waals surface area contributed by atoms with Gasteiger partial charge in [-0.15, -0.1) is 0 Å². The van der Waals surface area contributed by atoms with Crippen molar-refractivity contribution in [3.05, 3.63) is 37.5 Å². The lowest BCUT2D eigenvalue weighted by Gasteiger charge is -2.15. The molecular formula is C14H14O6. The lowest BCUT2D eigenvalue weighted by atomic mass is 9.84. The second-order valence-corrected chi connectivity index (χ2v) is 4.73. The first-order valence-electron chi connectivity index (χ1n) is 6.23. The van der Waals surface area contributed by atoms with Crippen molar-refractivity contribution in [2.75, 3.05) is 13.2 Å². The Morgan fingerprint density at radius 2 is 1.85 bits per heavy atom. The van der Waals surface area contributed by atoms with Gasteiger partial charge in [0.15, 0.2) is 0 Å². The van der Waals surface area contributed by atoms with Crippen LogP contribution in [-0.4, -0.2) is 48.6 Å². The summed E-state index contributed by atoms with van der Waals surface area (Å²) in [4.78, 5) is 24.3. The van der Waals surface area contributed by atoms with Crippen molar-refractivity contribution < 1.29 is 28.5 Å². The predicted molar refractivity (Wildman–Crippen MR) is 66.7 cm³/mol. The summed E-state index contributed by atoms with van der Waals surface area (Å²) in [5.74, 6) is -1.28. The van der Waals surface area contributed by atoms with Gasteiger partial charge in [0.25, 0.3) is 0 Å². The molecule has 0 radical (unpaired) electrons. The first-order chi connectivity index (χ1) is 9.62. The molecule has 1 aliphatic carbocycles. The number of carbonyl (C=O) groups is 2. The predicted octanol–water partition coefficient (Wildman–Crippen LogP) is 0.290. The third kappa shape index (κ3) is 1.52. The fourth-order valence-electron chi connectivity index (χ4n) is 2.54. The van der Waals surface area contributed by atoms with Crippen LogP contribution in [0.15, 0.2) is 37.5 Å². The number of esters is 2. The van der Waals surface area contributed by atoms with E-state index in [-0.39, 0.29) is 19.3 Å². The van der Waals surface area contributed by atoms with Gasteiger partial charge in [0.1, 0.15) is 25.4 Å². The first-order valence-corrected chi connectivity index (χ1v) is 6.23.